The largest absolute Gasteiger partial charge is 0.353 e. The van der Waals surface area contributed by atoms with Crippen LogP contribution in [0.1, 0.15) is 25.3 Å². The lowest BCUT2D eigenvalue weighted by atomic mass is 10.1. The summed E-state index contributed by atoms with van der Waals surface area (Å²) in [4.78, 5) is 11.6. The van der Waals surface area contributed by atoms with Crippen molar-refractivity contribution in [2.75, 3.05) is 5.88 Å². The molecule has 1 atom stereocenters. The van der Waals surface area contributed by atoms with Crippen molar-refractivity contribution in [1.82, 2.24) is 5.32 Å². The van der Waals surface area contributed by atoms with E-state index in [9.17, 15) is 13.6 Å². The highest BCUT2D eigenvalue weighted by Crippen LogP contribution is 2.12. The first-order valence-electron chi connectivity index (χ1n) is 5.82. The Balaban J connectivity index is 2.54. The molecule has 0 aromatic heterocycles. The molecule has 1 amide bonds. The number of halogens is 3. The van der Waals surface area contributed by atoms with Gasteiger partial charge in [0.1, 0.15) is 11.6 Å². The number of carbonyl (C=O) groups excluding carboxylic acids is 1. The van der Waals surface area contributed by atoms with Gasteiger partial charge in [-0.1, -0.05) is 6.07 Å². The number of nitrogens with one attached hydrogen (secondary N) is 1. The van der Waals surface area contributed by atoms with Gasteiger partial charge in [-0.25, -0.2) is 8.78 Å². The average molecular weight is 276 g/mol. The minimum absolute atomic E-state index is 0.0499. The van der Waals surface area contributed by atoms with Gasteiger partial charge in [0, 0.05) is 17.5 Å². The van der Waals surface area contributed by atoms with Crippen LogP contribution in [0.3, 0.4) is 0 Å². The van der Waals surface area contributed by atoms with Gasteiger partial charge in [-0.3, -0.25) is 4.79 Å². The molecule has 1 rings (SSSR count). The van der Waals surface area contributed by atoms with Crippen LogP contribution in [0.25, 0.3) is 0 Å². The number of benzene rings is 1. The molecule has 0 fully saturated rings. The molecular weight excluding hydrogens is 260 g/mol. The molecule has 0 spiro atoms. The monoisotopic (exact) mass is 275 g/mol. The normalized spacial score (nSPS) is 12.2. The Morgan fingerprint density at radius 2 is 2.00 bits per heavy atom. The number of amides is 1. The second kappa shape index (κ2) is 7.31. The van der Waals surface area contributed by atoms with Gasteiger partial charge in [-0.05, 0) is 31.9 Å². The molecule has 1 unspecified atom stereocenters. The molecule has 100 valence electrons. The summed E-state index contributed by atoms with van der Waals surface area (Å²) in [7, 11) is 0. The summed E-state index contributed by atoms with van der Waals surface area (Å²) in [5.41, 5.74) is -0.195. The number of carbonyl (C=O) groups is 1. The fraction of sp³-hybridized carbons (Fsp3) is 0.462. The number of rotatable bonds is 6. The van der Waals surface area contributed by atoms with Gasteiger partial charge >= 0.3 is 0 Å². The Morgan fingerprint density at radius 1 is 1.39 bits per heavy atom. The Bertz CT molecular complexity index is 392. The van der Waals surface area contributed by atoms with E-state index in [0.717, 1.165) is 25.0 Å². The van der Waals surface area contributed by atoms with Crippen LogP contribution in [0.4, 0.5) is 8.78 Å². The average Bonchev–Trinajstić information content (AvgIpc) is 2.31. The van der Waals surface area contributed by atoms with Gasteiger partial charge in [0.15, 0.2) is 0 Å². The van der Waals surface area contributed by atoms with Crippen molar-refractivity contribution in [3.8, 4) is 0 Å². The summed E-state index contributed by atoms with van der Waals surface area (Å²) in [5.74, 6) is -1.25. The summed E-state index contributed by atoms with van der Waals surface area (Å²) in [6, 6.07) is 3.51. The van der Waals surface area contributed by atoms with Crippen molar-refractivity contribution in [1.29, 1.82) is 0 Å². The highest BCUT2D eigenvalue weighted by molar-refractivity contribution is 6.17. The molecule has 5 heteroatoms. The third kappa shape index (κ3) is 4.61. The van der Waals surface area contributed by atoms with Crippen LogP contribution < -0.4 is 5.32 Å². The zero-order valence-corrected chi connectivity index (χ0v) is 10.9. The maximum atomic E-state index is 13.3. The van der Waals surface area contributed by atoms with Crippen molar-refractivity contribution in [3.63, 3.8) is 0 Å². The molecule has 0 heterocycles. The summed E-state index contributed by atoms with van der Waals surface area (Å²) >= 11 is 5.54. The molecule has 0 aliphatic rings. The van der Waals surface area contributed by atoms with Crippen molar-refractivity contribution in [3.05, 3.63) is 35.4 Å². The van der Waals surface area contributed by atoms with E-state index in [4.69, 9.17) is 11.6 Å². The molecule has 1 aromatic carbocycles. The molecule has 0 aliphatic heterocycles. The maximum Gasteiger partial charge on any atom is 0.224 e. The van der Waals surface area contributed by atoms with Crippen molar-refractivity contribution in [2.45, 2.75) is 32.2 Å². The van der Waals surface area contributed by atoms with Crippen LogP contribution in [0, 0.1) is 11.6 Å². The first-order chi connectivity index (χ1) is 8.54. The van der Waals surface area contributed by atoms with E-state index in [2.05, 4.69) is 5.32 Å². The topological polar surface area (TPSA) is 29.1 Å². The minimum Gasteiger partial charge on any atom is -0.353 e. The molecule has 0 saturated heterocycles. The van der Waals surface area contributed by atoms with E-state index in [1.165, 1.54) is 6.07 Å². The third-order valence-corrected chi connectivity index (χ3v) is 2.84. The van der Waals surface area contributed by atoms with Gasteiger partial charge in [-0.2, -0.15) is 0 Å². The highest BCUT2D eigenvalue weighted by atomic mass is 35.5. The van der Waals surface area contributed by atoms with Crippen molar-refractivity contribution >= 4 is 17.5 Å². The minimum atomic E-state index is -0.696. The standard InChI is InChI=1S/C13H16ClF2NO/c1-9(4-3-7-14)17-13(18)8-10-11(15)5-2-6-12(10)16/h2,5-6,9H,3-4,7-8H2,1H3,(H,17,18). The lowest BCUT2D eigenvalue weighted by Gasteiger charge is -2.13. The molecule has 0 saturated carbocycles. The second-order valence-electron chi connectivity index (χ2n) is 4.18. The highest BCUT2D eigenvalue weighted by Gasteiger charge is 2.14. The van der Waals surface area contributed by atoms with Gasteiger partial charge < -0.3 is 5.32 Å². The Morgan fingerprint density at radius 3 is 2.56 bits per heavy atom. The molecule has 18 heavy (non-hydrogen) atoms. The van der Waals surface area contributed by atoms with Crippen LogP contribution in [-0.4, -0.2) is 17.8 Å². The Kier molecular flexibility index (Phi) is 6.05. The van der Waals surface area contributed by atoms with Crippen molar-refractivity contribution in [2.24, 2.45) is 0 Å². The first kappa shape index (κ1) is 14.9. The van der Waals surface area contributed by atoms with Gasteiger partial charge in [0.2, 0.25) is 5.91 Å². The van der Waals surface area contributed by atoms with E-state index >= 15 is 0 Å². The van der Waals surface area contributed by atoms with E-state index in [-0.39, 0.29) is 23.9 Å². The number of hydrogen-bond donors (Lipinski definition) is 1. The van der Waals surface area contributed by atoms with Crippen LogP contribution in [0.15, 0.2) is 18.2 Å². The van der Waals surface area contributed by atoms with Crippen molar-refractivity contribution < 1.29 is 13.6 Å². The fourth-order valence-electron chi connectivity index (χ4n) is 1.64. The molecule has 0 bridgehead atoms. The van der Waals surface area contributed by atoms with Crippen LogP contribution in [-0.2, 0) is 11.2 Å². The van der Waals surface area contributed by atoms with Crippen LogP contribution >= 0.6 is 11.6 Å². The maximum absolute atomic E-state index is 13.3. The zero-order chi connectivity index (χ0) is 13.5. The lowest BCUT2D eigenvalue weighted by molar-refractivity contribution is -0.121. The van der Waals surface area contributed by atoms with E-state index in [1.807, 2.05) is 6.92 Å². The van der Waals surface area contributed by atoms with E-state index in [0.29, 0.717) is 5.88 Å². The Labute approximate surface area is 110 Å². The lowest BCUT2D eigenvalue weighted by Crippen LogP contribution is -2.34. The SMILES string of the molecule is CC(CCCCl)NC(=O)Cc1c(F)cccc1F. The molecule has 0 aliphatic carbocycles. The van der Waals surface area contributed by atoms with E-state index < -0.39 is 11.6 Å². The number of alkyl halides is 1. The molecule has 0 radical (unpaired) electrons. The van der Waals surface area contributed by atoms with Gasteiger partial charge in [0.05, 0.1) is 6.42 Å². The predicted molar refractivity (Wildman–Crippen MR) is 67.6 cm³/mol. The molecule has 1 N–H and O–H groups in total. The van der Waals surface area contributed by atoms with Crippen LogP contribution in [0.5, 0.6) is 0 Å². The smallest absolute Gasteiger partial charge is 0.224 e. The summed E-state index contributed by atoms with van der Waals surface area (Å²) in [6.45, 7) is 1.84. The van der Waals surface area contributed by atoms with Gasteiger partial charge in [0.25, 0.3) is 0 Å². The number of hydrogen-bond acceptors (Lipinski definition) is 1. The Hall–Kier alpha value is -1.16. The zero-order valence-electron chi connectivity index (χ0n) is 10.2. The molecule has 1 aromatic rings. The predicted octanol–water partition coefficient (Wildman–Crippen LogP) is 3.03. The fourth-order valence-corrected chi connectivity index (χ4v) is 1.80. The molecule has 2 nitrogen and oxygen atoms in total. The first-order valence-corrected chi connectivity index (χ1v) is 6.36. The van der Waals surface area contributed by atoms with E-state index in [1.54, 1.807) is 0 Å². The summed E-state index contributed by atoms with van der Waals surface area (Å²) in [5, 5.41) is 2.69. The summed E-state index contributed by atoms with van der Waals surface area (Å²) < 4.78 is 26.6. The van der Waals surface area contributed by atoms with Gasteiger partial charge in [-0.15, -0.1) is 11.6 Å². The van der Waals surface area contributed by atoms with Crippen LogP contribution in [0.2, 0.25) is 0 Å². The summed E-state index contributed by atoms with van der Waals surface area (Å²) in [6.07, 6.45) is 1.25. The second-order valence-corrected chi connectivity index (χ2v) is 4.55. The quantitative estimate of drug-likeness (QED) is 0.795. The third-order valence-electron chi connectivity index (χ3n) is 2.58. The molecular formula is C13H16ClF2NO.